The smallest absolute Gasteiger partial charge is 0.146 e. The van der Waals surface area contributed by atoms with E-state index < -0.39 is 0 Å². The second-order valence-electron chi connectivity index (χ2n) is 9.52. The van der Waals surface area contributed by atoms with Gasteiger partial charge in [0.2, 0.25) is 0 Å². The third-order valence-corrected chi connectivity index (χ3v) is 6.99. The Kier molecular flexibility index (Phi) is 8.59. The summed E-state index contributed by atoms with van der Waals surface area (Å²) in [5, 5.41) is 11.0. The van der Waals surface area contributed by atoms with E-state index in [-0.39, 0.29) is 6.17 Å². The van der Waals surface area contributed by atoms with Crippen molar-refractivity contribution in [2.75, 3.05) is 37.3 Å². The lowest BCUT2D eigenvalue weighted by Crippen LogP contribution is -2.34. The van der Waals surface area contributed by atoms with Crippen LogP contribution in [0.15, 0.2) is 52.8 Å². The number of nitrogens with zero attached hydrogens (tertiary/aromatic N) is 3. The van der Waals surface area contributed by atoms with E-state index >= 15 is 0 Å². The average molecular weight is 481 g/mol. The molecule has 1 fully saturated rings. The lowest BCUT2D eigenvalue weighted by molar-refractivity contribution is 0.234. The van der Waals surface area contributed by atoms with Gasteiger partial charge in [-0.25, -0.2) is 4.99 Å². The first-order valence-corrected chi connectivity index (χ1v) is 12.8. The molecule has 1 unspecified atom stereocenters. The maximum atomic E-state index is 6.52. The highest BCUT2D eigenvalue weighted by Crippen LogP contribution is 2.23. The number of fused-ring (bicyclic) bond motifs is 4. The first-order valence-electron chi connectivity index (χ1n) is 12.4. The van der Waals surface area contributed by atoms with Crippen molar-refractivity contribution in [2.24, 2.45) is 10.9 Å². The van der Waals surface area contributed by atoms with Crippen LogP contribution in [0.1, 0.15) is 43.4 Å². The van der Waals surface area contributed by atoms with E-state index in [1.54, 1.807) is 0 Å². The Hall–Kier alpha value is -2.41. The van der Waals surface area contributed by atoms with Crippen molar-refractivity contribution in [2.45, 2.75) is 52.2 Å². The zero-order chi connectivity index (χ0) is 23.9. The van der Waals surface area contributed by atoms with Crippen molar-refractivity contribution in [3.8, 4) is 0 Å². The Morgan fingerprint density at radius 2 is 1.97 bits per heavy atom. The Labute approximate surface area is 208 Å². The summed E-state index contributed by atoms with van der Waals surface area (Å²) in [7, 11) is 2.25. The van der Waals surface area contributed by atoms with Crippen LogP contribution in [0.5, 0.6) is 0 Å². The predicted molar refractivity (Wildman–Crippen MR) is 144 cm³/mol. The molecule has 1 aromatic carbocycles. The summed E-state index contributed by atoms with van der Waals surface area (Å²) in [6.07, 6.45) is 9.95. The minimum absolute atomic E-state index is 0.156. The number of aliphatic imine (C=N–C) groups is 1. The molecule has 0 spiro atoms. The second-order valence-corrected chi connectivity index (χ2v) is 9.92. The molecule has 1 aromatic heterocycles. The van der Waals surface area contributed by atoms with Crippen molar-refractivity contribution in [3.63, 3.8) is 0 Å². The topological polar surface area (TPSA) is 64.6 Å². The minimum atomic E-state index is -0.156. The molecule has 2 aliphatic heterocycles. The highest BCUT2D eigenvalue weighted by molar-refractivity contribution is 6.44. The molecule has 4 rings (SSSR count). The second kappa shape index (κ2) is 11.8. The number of rotatable bonds is 5. The summed E-state index contributed by atoms with van der Waals surface area (Å²) in [6, 6.07) is 8.84. The largest absolute Gasteiger partial charge is 0.363 e. The molecule has 182 valence electrons. The molecule has 7 heteroatoms. The Morgan fingerprint density at radius 3 is 2.76 bits per heavy atom. The van der Waals surface area contributed by atoms with E-state index in [0.717, 1.165) is 56.3 Å². The fourth-order valence-corrected chi connectivity index (χ4v) is 4.92. The molecular formula is C27H37ClN6. The molecule has 3 heterocycles. The van der Waals surface area contributed by atoms with E-state index in [4.69, 9.17) is 16.6 Å². The minimum Gasteiger partial charge on any atom is -0.363 e. The normalized spacial score (nSPS) is 21.4. The fourth-order valence-electron chi connectivity index (χ4n) is 4.83. The number of halogens is 1. The number of aryl methyl sites for hydroxylation is 2. The number of anilines is 2. The molecule has 1 atom stereocenters. The monoisotopic (exact) mass is 480 g/mol. The van der Waals surface area contributed by atoms with E-state index in [2.05, 4.69) is 57.1 Å². The van der Waals surface area contributed by atoms with Gasteiger partial charge in [-0.15, -0.1) is 0 Å². The third-order valence-electron chi connectivity index (χ3n) is 6.59. The summed E-state index contributed by atoms with van der Waals surface area (Å²) in [6.45, 7) is 8.32. The number of amidine groups is 1. The molecule has 0 amide bonds. The number of nitrogens with one attached hydrogen (secondary N) is 3. The van der Waals surface area contributed by atoms with Crippen LogP contribution in [-0.4, -0.2) is 48.6 Å². The van der Waals surface area contributed by atoms with Crippen molar-refractivity contribution in [1.82, 2.24) is 15.2 Å². The summed E-state index contributed by atoms with van der Waals surface area (Å²) >= 11 is 6.52. The van der Waals surface area contributed by atoms with Gasteiger partial charge >= 0.3 is 0 Å². The van der Waals surface area contributed by atoms with Gasteiger partial charge in [-0.05, 0) is 100 Å². The van der Waals surface area contributed by atoms with Crippen LogP contribution >= 0.6 is 11.6 Å². The number of hydrogen-bond acceptors (Lipinski definition) is 6. The Morgan fingerprint density at radius 1 is 1.15 bits per heavy atom. The van der Waals surface area contributed by atoms with E-state index in [0.29, 0.717) is 10.9 Å². The summed E-state index contributed by atoms with van der Waals surface area (Å²) in [5.74, 6) is 1.44. The zero-order valence-electron chi connectivity index (χ0n) is 20.6. The number of benzene rings is 1. The molecule has 6 nitrogen and oxygen atoms in total. The lowest BCUT2D eigenvalue weighted by atomic mass is 9.96. The number of pyridine rings is 1. The van der Waals surface area contributed by atoms with E-state index in [1.165, 1.54) is 29.5 Å². The molecule has 0 radical (unpaired) electrons. The molecule has 0 aliphatic carbocycles. The Bertz CT molecular complexity index is 1030. The summed E-state index contributed by atoms with van der Waals surface area (Å²) < 4.78 is 0. The van der Waals surface area contributed by atoms with Crippen molar-refractivity contribution in [1.29, 1.82) is 0 Å². The molecule has 4 bridgehead atoms. The highest BCUT2D eigenvalue weighted by Gasteiger charge is 2.17. The highest BCUT2D eigenvalue weighted by atomic mass is 35.5. The van der Waals surface area contributed by atoms with Crippen molar-refractivity contribution < 1.29 is 0 Å². The molecule has 34 heavy (non-hydrogen) atoms. The maximum Gasteiger partial charge on any atom is 0.146 e. The number of hydrogen-bond donors (Lipinski definition) is 3. The van der Waals surface area contributed by atoms with Gasteiger partial charge in [-0.3, -0.25) is 4.98 Å². The Balaban J connectivity index is 1.61. The number of piperidine rings is 1. The number of allylic oxidation sites excluding steroid dienone is 1. The summed E-state index contributed by atoms with van der Waals surface area (Å²) in [4.78, 5) is 11.7. The SMILES string of the molecule is C/C=C(Cl)\C1=N/C(C)Nc2cncc(c2)CCc2cc(ccc2CN(C)CC2CCNCC2)N1. The lowest BCUT2D eigenvalue weighted by Gasteiger charge is -2.28. The van der Waals surface area contributed by atoms with Crippen molar-refractivity contribution >= 4 is 28.8 Å². The molecule has 2 aromatic rings. The summed E-state index contributed by atoms with van der Waals surface area (Å²) in [5.41, 5.74) is 5.93. The first kappa shape index (κ1) is 24.7. The van der Waals surface area contributed by atoms with Crippen LogP contribution in [0, 0.1) is 5.92 Å². The van der Waals surface area contributed by atoms with Crippen LogP contribution in [0.25, 0.3) is 0 Å². The maximum absolute atomic E-state index is 6.52. The van der Waals surface area contributed by atoms with Crippen LogP contribution < -0.4 is 16.0 Å². The van der Waals surface area contributed by atoms with Gasteiger partial charge in [0.1, 0.15) is 12.0 Å². The van der Waals surface area contributed by atoms with Gasteiger partial charge in [0.25, 0.3) is 0 Å². The molecular weight excluding hydrogens is 444 g/mol. The van der Waals surface area contributed by atoms with Gasteiger partial charge in [-0.1, -0.05) is 23.7 Å². The van der Waals surface area contributed by atoms with E-state index in [1.807, 2.05) is 32.3 Å². The van der Waals surface area contributed by atoms with Gasteiger partial charge < -0.3 is 20.9 Å². The predicted octanol–water partition coefficient (Wildman–Crippen LogP) is 5.02. The average Bonchev–Trinajstić information content (AvgIpc) is 2.84. The van der Waals surface area contributed by atoms with E-state index in [9.17, 15) is 0 Å². The van der Waals surface area contributed by atoms with Gasteiger partial charge in [0.05, 0.1) is 16.9 Å². The van der Waals surface area contributed by atoms with Crippen LogP contribution in [0.4, 0.5) is 11.4 Å². The first-order chi connectivity index (χ1) is 16.5. The standard InChI is InChI=1S/C27H37ClN6/c1-4-26(28)27-32-19(2)31-25-13-21(15-30-16-25)5-6-22-14-24(33-27)8-7-23(22)18-34(3)17-20-9-11-29-12-10-20/h4,7-8,13-16,19-20,29,31H,5-6,9-12,17-18H2,1-3H3,(H,32,33)/b26-4+. The molecule has 3 N–H and O–H groups in total. The molecule has 1 saturated heterocycles. The van der Waals surface area contributed by atoms with Gasteiger partial charge in [0.15, 0.2) is 0 Å². The van der Waals surface area contributed by atoms with Crippen LogP contribution in [-0.2, 0) is 19.4 Å². The third kappa shape index (κ3) is 6.81. The zero-order valence-corrected chi connectivity index (χ0v) is 21.3. The van der Waals surface area contributed by atoms with Crippen LogP contribution in [0.3, 0.4) is 0 Å². The van der Waals surface area contributed by atoms with Crippen LogP contribution in [0.2, 0.25) is 0 Å². The fraction of sp³-hybridized carbons (Fsp3) is 0.481. The van der Waals surface area contributed by atoms with Gasteiger partial charge in [0, 0.05) is 25.0 Å². The van der Waals surface area contributed by atoms with Gasteiger partial charge in [-0.2, -0.15) is 0 Å². The number of aromatic nitrogens is 1. The van der Waals surface area contributed by atoms with Crippen molar-refractivity contribution in [3.05, 3.63) is 64.5 Å². The molecule has 2 aliphatic rings. The quantitative estimate of drug-likeness (QED) is 0.560. The molecule has 0 saturated carbocycles.